The minimum atomic E-state index is -3.64. The number of ether oxygens (including phenoxy) is 1. The summed E-state index contributed by atoms with van der Waals surface area (Å²) < 4.78 is 31.0. The van der Waals surface area contributed by atoms with Crippen molar-refractivity contribution < 1.29 is 17.9 Å². The molecule has 0 unspecified atom stereocenters. The van der Waals surface area contributed by atoms with Gasteiger partial charge in [0.2, 0.25) is 15.9 Å². The van der Waals surface area contributed by atoms with Gasteiger partial charge in [0.1, 0.15) is 18.4 Å². The zero-order valence-corrected chi connectivity index (χ0v) is 15.6. The molecule has 0 aromatic heterocycles. The Morgan fingerprint density at radius 3 is 2.54 bits per heavy atom. The first kappa shape index (κ1) is 19.5. The molecule has 0 heterocycles. The van der Waals surface area contributed by atoms with Crippen molar-refractivity contribution in [2.75, 3.05) is 22.5 Å². The predicted octanol–water partition coefficient (Wildman–Crippen LogP) is 3.04. The molecule has 1 N–H and O–H groups in total. The van der Waals surface area contributed by atoms with Crippen LogP contribution in [-0.2, 0) is 14.8 Å². The van der Waals surface area contributed by atoms with E-state index in [1.807, 2.05) is 0 Å². The highest BCUT2D eigenvalue weighted by molar-refractivity contribution is 7.92. The molecule has 1 amide bonds. The Labute approximate surface area is 154 Å². The highest BCUT2D eigenvalue weighted by Gasteiger charge is 2.29. The third-order valence-corrected chi connectivity index (χ3v) is 4.81. The van der Waals surface area contributed by atoms with Crippen LogP contribution in [0.5, 0.6) is 5.75 Å². The molecule has 0 aliphatic carbocycles. The fraction of sp³-hybridized carbons (Fsp3) is 0.211. The van der Waals surface area contributed by atoms with E-state index in [2.05, 4.69) is 11.9 Å². The molecule has 7 heteroatoms. The Bertz CT molecular complexity index is 866. The molecule has 26 heavy (non-hydrogen) atoms. The number of nitrogens with one attached hydrogen (secondary N) is 1. The molecule has 2 rings (SSSR count). The normalized spacial score (nSPS) is 12.1. The SMILES string of the molecule is C=CCOc1cccc(NC(=O)[C@@H](C)N(c2ccccc2)S(C)(=O)=O)c1. The molecule has 0 saturated heterocycles. The number of benzene rings is 2. The Kier molecular flexibility index (Phi) is 6.41. The van der Waals surface area contributed by atoms with Gasteiger partial charge in [0, 0.05) is 11.8 Å². The Morgan fingerprint density at radius 2 is 1.92 bits per heavy atom. The second kappa shape index (κ2) is 8.53. The van der Waals surface area contributed by atoms with Gasteiger partial charge in [-0.1, -0.05) is 36.9 Å². The van der Waals surface area contributed by atoms with Crippen LogP contribution in [0, 0.1) is 0 Å². The topological polar surface area (TPSA) is 75.7 Å². The Balaban J connectivity index is 2.20. The lowest BCUT2D eigenvalue weighted by Gasteiger charge is -2.28. The van der Waals surface area contributed by atoms with Crippen LogP contribution in [0.25, 0.3) is 0 Å². The summed E-state index contributed by atoms with van der Waals surface area (Å²) in [6, 6.07) is 14.5. The van der Waals surface area contributed by atoms with Crippen molar-refractivity contribution in [3.8, 4) is 5.75 Å². The van der Waals surface area contributed by atoms with E-state index in [1.165, 1.54) is 0 Å². The Hall–Kier alpha value is -2.80. The number of hydrogen-bond donors (Lipinski definition) is 1. The molecule has 0 aliphatic heterocycles. The molecular formula is C19H22N2O4S. The van der Waals surface area contributed by atoms with Gasteiger partial charge in [-0.15, -0.1) is 0 Å². The van der Waals surface area contributed by atoms with E-state index in [4.69, 9.17) is 4.74 Å². The van der Waals surface area contributed by atoms with Gasteiger partial charge in [-0.05, 0) is 31.2 Å². The van der Waals surface area contributed by atoms with Gasteiger partial charge >= 0.3 is 0 Å². The maximum Gasteiger partial charge on any atom is 0.247 e. The highest BCUT2D eigenvalue weighted by Crippen LogP contribution is 2.22. The smallest absolute Gasteiger partial charge is 0.247 e. The van der Waals surface area contributed by atoms with Gasteiger partial charge in [-0.25, -0.2) is 8.42 Å². The molecule has 0 radical (unpaired) electrons. The number of nitrogens with zero attached hydrogens (tertiary/aromatic N) is 1. The van der Waals surface area contributed by atoms with Gasteiger partial charge in [0.05, 0.1) is 11.9 Å². The third kappa shape index (κ3) is 5.10. The molecule has 6 nitrogen and oxygen atoms in total. The summed E-state index contributed by atoms with van der Waals surface area (Å²) in [4.78, 5) is 12.6. The molecule has 1 atom stereocenters. The van der Waals surface area contributed by atoms with E-state index in [1.54, 1.807) is 67.6 Å². The molecule has 2 aromatic carbocycles. The first-order valence-electron chi connectivity index (χ1n) is 8.02. The lowest BCUT2D eigenvalue weighted by molar-refractivity contribution is -0.116. The number of amides is 1. The van der Waals surface area contributed by atoms with Crippen molar-refractivity contribution in [2.24, 2.45) is 0 Å². The van der Waals surface area contributed by atoms with Crippen LogP contribution in [0.1, 0.15) is 6.92 Å². The van der Waals surface area contributed by atoms with Crippen LogP contribution in [0.2, 0.25) is 0 Å². The highest BCUT2D eigenvalue weighted by atomic mass is 32.2. The fourth-order valence-electron chi connectivity index (χ4n) is 2.45. The van der Waals surface area contributed by atoms with E-state index >= 15 is 0 Å². The van der Waals surface area contributed by atoms with Crippen LogP contribution in [-0.4, -0.2) is 33.2 Å². The number of carbonyl (C=O) groups excluding carboxylic acids is 1. The van der Waals surface area contributed by atoms with Crippen LogP contribution < -0.4 is 14.4 Å². The molecule has 0 spiro atoms. The maximum absolute atomic E-state index is 12.6. The number of rotatable bonds is 8. The molecule has 0 bridgehead atoms. The summed E-state index contributed by atoms with van der Waals surface area (Å²) >= 11 is 0. The summed E-state index contributed by atoms with van der Waals surface area (Å²) in [5, 5.41) is 2.73. The summed E-state index contributed by atoms with van der Waals surface area (Å²) in [5.41, 5.74) is 0.950. The minimum Gasteiger partial charge on any atom is -0.489 e. The van der Waals surface area contributed by atoms with Crippen molar-refractivity contribution in [3.63, 3.8) is 0 Å². The predicted molar refractivity (Wildman–Crippen MR) is 104 cm³/mol. The van der Waals surface area contributed by atoms with Crippen LogP contribution in [0.15, 0.2) is 67.3 Å². The van der Waals surface area contributed by atoms with Crippen molar-refractivity contribution >= 4 is 27.3 Å². The van der Waals surface area contributed by atoms with E-state index in [0.717, 1.165) is 10.6 Å². The largest absolute Gasteiger partial charge is 0.489 e. The van der Waals surface area contributed by atoms with Gasteiger partial charge in [-0.2, -0.15) is 0 Å². The average Bonchev–Trinajstić information content (AvgIpc) is 2.60. The quantitative estimate of drug-likeness (QED) is 0.721. The monoisotopic (exact) mass is 374 g/mol. The van der Waals surface area contributed by atoms with E-state index in [-0.39, 0.29) is 0 Å². The molecule has 0 saturated carbocycles. The van der Waals surface area contributed by atoms with Crippen LogP contribution in [0.4, 0.5) is 11.4 Å². The van der Waals surface area contributed by atoms with E-state index in [9.17, 15) is 13.2 Å². The summed E-state index contributed by atoms with van der Waals surface area (Å²) in [6.07, 6.45) is 2.70. The Morgan fingerprint density at radius 1 is 1.23 bits per heavy atom. The summed E-state index contributed by atoms with van der Waals surface area (Å²) in [5.74, 6) is 0.138. The maximum atomic E-state index is 12.6. The number of sulfonamides is 1. The first-order valence-corrected chi connectivity index (χ1v) is 9.87. The molecule has 0 fully saturated rings. The van der Waals surface area contributed by atoms with Crippen LogP contribution in [0.3, 0.4) is 0 Å². The second-order valence-electron chi connectivity index (χ2n) is 5.69. The van der Waals surface area contributed by atoms with Gasteiger partial charge in [0.25, 0.3) is 0 Å². The van der Waals surface area contributed by atoms with E-state index in [0.29, 0.717) is 23.7 Å². The lowest BCUT2D eigenvalue weighted by Crippen LogP contribution is -2.45. The summed E-state index contributed by atoms with van der Waals surface area (Å²) in [7, 11) is -3.64. The molecule has 138 valence electrons. The van der Waals surface area contributed by atoms with Crippen molar-refractivity contribution in [1.29, 1.82) is 0 Å². The van der Waals surface area contributed by atoms with Crippen LogP contribution >= 0.6 is 0 Å². The number of para-hydroxylation sites is 1. The minimum absolute atomic E-state index is 0.351. The zero-order chi connectivity index (χ0) is 19.2. The third-order valence-electron chi connectivity index (χ3n) is 3.57. The zero-order valence-electron chi connectivity index (χ0n) is 14.8. The fourth-order valence-corrected chi connectivity index (χ4v) is 3.62. The first-order chi connectivity index (χ1) is 12.3. The number of hydrogen-bond acceptors (Lipinski definition) is 4. The number of anilines is 2. The molecule has 2 aromatic rings. The van der Waals surface area contributed by atoms with Crippen molar-refractivity contribution in [1.82, 2.24) is 0 Å². The molecule has 0 aliphatic rings. The average molecular weight is 374 g/mol. The van der Waals surface area contributed by atoms with E-state index < -0.39 is 22.0 Å². The van der Waals surface area contributed by atoms with Gasteiger partial charge in [0.15, 0.2) is 0 Å². The standard InChI is InChI=1S/C19H22N2O4S/c1-4-13-25-18-12-8-9-16(14-18)20-19(22)15(2)21(26(3,23)24)17-10-6-5-7-11-17/h4-12,14-15H,1,13H2,2-3H3,(H,20,22)/t15-/m1/s1. The van der Waals surface area contributed by atoms with Gasteiger partial charge < -0.3 is 10.1 Å². The van der Waals surface area contributed by atoms with Gasteiger partial charge in [-0.3, -0.25) is 9.10 Å². The number of carbonyl (C=O) groups is 1. The summed E-state index contributed by atoms with van der Waals surface area (Å²) in [6.45, 7) is 5.48. The lowest BCUT2D eigenvalue weighted by atomic mass is 10.2. The van der Waals surface area contributed by atoms with Crippen molar-refractivity contribution in [3.05, 3.63) is 67.3 Å². The second-order valence-corrected chi connectivity index (χ2v) is 7.55. The molecular weight excluding hydrogens is 352 g/mol. The van der Waals surface area contributed by atoms with Crippen molar-refractivity contribution in [2.45, 2.75) is 13.0 Å².